The maximum absolute atomic E-state index is 12.0. The number of H-pyrrole nitrogens is 1. The van der Waals surface area contributed by atoms with Gasteiger partial charge in [-0.1, -0.05) is 0 Å². The fourth-order valence-corrected chi connectivity index (χ4v) is 3.24. The minimum atomic E-state index is -0.531. The molecule has 3 rings (SSSR count). The van der Waals surface area contributed by atoms with Crippen LogP contribution in [0.4, 0.5) is 11.4 Å². The maximum Gasteiger partial charge on any atom is 0.293 e. The Bertz CT molecular complexity index is 1040. The standard InChI is InChI=1S/C16H14N4O4S/c1-9(21)10-3-4-12(13(7-10)20(23)24)19(2)8-14-17-11-5-6-25-15(11)16(22)18-14/h3-7H,8H2,1-2H3,(H,17,18,22). The predicted octanol–water partition coefficient (Wildman–Crippen LogP) is 2.73. The molecule has 128 valence electrons. The monoisotopic (exact) mass is 358 g/mol. The van der Waals surface area contributed by atoms with Gasteiger partial charge in [0.1, 0.15) is 16.2 Å². The van der Waals surface area contributed by atoms with Crippen molar-refractivity contribution in [3.8, 4) is 0 Å². The molecule has 0 saturated carbocycles. The summed E-state index contributed by atoms with van der Waals surface area (Å²) in [5.41, 5.74) is 0.802. The molecule has 0 fully saturated rings. The third kappa shape index (κ3) is 3.26. The first kappa shape index (κ1) is 16.8. The van der Waals surface area contributed by atoms with E-state index in [-0.39, 0.29) is 29.1 Å². The fourth-order valence-electron chi connectivity index (χ4n) is 2.52. The Labute approximate surface area is 145 Å². The van der Waals surface area contributed by atoms with Gasteiger partial charge in [0.2, 0.25) is 0 Å². The van der Waals surface area contributed by atoms with Crippen LogP contribution in [0.1, 0.15) is 23.1 Å². The molecular formula is C16H14N4O4S. The van der Waals surface area contributed by atoms with Gasteiger partial charge in [-0.2, -0.15) is 0 Å². The highest BCUT2D eigenvalue weighted by molar-refractivity contribution is 7.17. The first-order valence-electron chi connectivity index (χ1n) is 7.33. The SMILES string of the molecule is CC(=O)c1ccc(N(C)Cc2nc3ccsc3c(=O)[nH]2)c([N+](=O)[O-])c1. The zero-order chi connectivity index (χ0) is 18.1. The van der Waals surface area contributed by atoms with E-state index in [1.165, 1.54) is 30.4 Å². The molecule has 0 unspecified atom stereocenters. The third-order valence-corrected chi connectivity index (χ3v) is 4.64. The molecule has 0 bridgehead atoms. The Kier molecular flexibility index (Phi) is 4.32. The second kappa shape index (κ2) is 6.44. The van der Waals surface area contributed by atoms with E-state index in [0.717, 1.165) is 0 Å². The lowest BCUT2D eigenvalue weighted by Gasteiger charge is -2.18. The van der Waals surface area contributed by atoms with E-state index < -0.39 is 4.92 Å². The highest BCUT2D eigenvalue weighted by Gasteiger charge is 2.20. The topological polar surface area (TPSA) is 109 Å². The number of thiophene rings is 1. The lowest BCUT2D eigenvalue weighted by atomic mass is 10.1. The number of ketones is 1. The lowest BCUT2D eigenvalue weighted by Crippen LogP contribution is -2.22. The van der Waals surface area contributed by atoms with Crippen molar-refractivity contribution >= 4 is 38.7 Å². The van der Waals surface area contributed by atoms with Gasteiger partial charge < -0.3 is 9.88 Å². The van der Waals surface area contributed by atoms with E-state index >= 15 is 0 Å². The molecule has 2 aromatic heterocycles. The zero-order valence-electron chi connectivity index (χ0n) is 13.5. The smallest absolute Gasteiger partial charge is 0.293 e. The molecular weight excluding hydrogens is 344 g/mol. The second-order valence-corrected chi connectivity index (χ2v) is 6.44. The molecule has 2 heterocycles. The van der Waals surface area contributed by atoms with Crippen LogP contribution in [0, 0.1) is 10.1 Å². The molecule has 0 amide bonds. The van der Waals surface area contributed by atoms with Crippen molar-refractivity contribution in [2.75, 3.05) is 11.9 Å². The summed E-state index contributed by atoms with van der Waals surface area (Å²) in [5.74, 6) is 0.162. The Balaban J connectivity index is 1.96. The van der Waals surface area contributed by atoms with Crippen LogP contribution >= 0.6 is 11.3 Å². The van der Waals surface area contributed by atoms with Crippen LogP contribution < -0.4 is 10.5 Å². The maximum atomic E-state index is 12.0. The second-order valence-electron chi connectivity index (χ2n) is 5.52. The minimum absolute atomic E-state index is 0.172. The van der Waals surface area contributed by atoms with Crippen molar-refractivity contribution in [1.82, 2.24) is 9.97 Å². The highest BCUT2D eigenvalue weighted by Crippen LogP contribution is 2.29. The van der Waals surface area contributed by atoms with Crippen LogP contribution in [0.5, 0.6) is 0 Å². The van der Waals surface area contributed by atoms with Crippen molar-refractivity contribution in [2.24, 2.45) is 0 Å². The number of hydrogen-bond acceptors (Lipinski definition) is 7. The lowest BCUT2D eigenvalue weighted by molar-refractivity contribution is -0.384. The van der Waals surface area contributed by atoms with E-state index in [4.69, 9.17) is 0 Å². The van der Waals surface area contributed by atoms with Gasteiger partial charge in [-0.3, -0.25) is 19.7 Å². The molecule has 25 heavy (non-hydrogen) atoms. The molecule has 0 aliphatic heterocycles. The summed E-state index contributed by atoms with van der Waals surface area (Å²) in [6.45, 7) is 1.54. The molecule has 1 N–H and O–H groups in total. The van der Waals surface area contributed by atoms with Gasteiger partial charge in [-0.25, -0.2) is 4.98 Å². The van der Waals surface area contributed by atoms with Gasteiger partial charge in [0, 0.05) is 18.7 Å². The van der Waals surface area contributed by atoms with Crippen molar-refractivity contribution < 1.29 is 9.72 Å². The van der Waals surface area contributed by atoms with E-state index in [2.05, 4.69) is 9.97 Å². The van der Waals surface area contributed by atoms with Gasteiger partial charge >= 0.3 is 0 Å². The molecule has 0 aliphatic carbocycles. The first-order chi connectivity index (χ1) is 11.9. The Morgan fingerprint density at radius 1 is 1.40 bits per heavy atom. The number of anilines is 1. The third-order valence-electron chi connectivity index (χ3n) is 3.74. The van der Waals surface area contributed by atoms with Crippen LogP contribution in [-0.4, -0.2) is 27.7 Å². The molecule has 0 atom stereocenters. The molecule has 1 aromatic carbocycles. The number of aromatic nitrogens is 2. The Hall–Kier alpha value is -3.07. The minimum Gasteiger partial charge on any atom is -0.362 e. The van der Waals surface area contributed by atoms with Crippen LogP contribution in [0.3, 0.4) is 0 Å². The van der Waals surface area contributed by atoms with Gasteiger partial charge in [0.25, 0.3) is 11.2 Å². The van der Waals surface area contributed by atoms with Gasteiger partial charge in [0.15, 0.2) is 5.78 Å². The molecule has 9 heteroatoms. The van der Waals surface area contributed by atoms with Crippen molar-refractivity contribution in [3.63, 3.8) is 0 Å². The van der Waals surface area contributed by atoms with E-state index in [1.54, 1.807) is 29.5 Å². The molecule has 0 saturated heterocycles. The number of nitrogens with one attached hydrogen (secondary N) is 1. The van der Waals surface area contributed by atoms with E-state index in [9.17, 15) is 19.7 Å². The average molecular weight is 358 g/mol. The number of nitrogens with zero attached hydrogens (tertiary/aromatic N) is 3. The molecule has 8 nitrogen and oxygen atoms in total. The van der Waals surface area contributed by atoms with E-state index in [0.29, 0.717) is 21.7 Å². The van der Waals surface area contributed by atoms with Crippen LogP contribution in [0.25, 0.3) is 10.2 Å². The number of aromatic amines is 1. The molecule has 0 radical (unpaired) electrons. The fraction of sp³-hybridized carbons (Fsp3) is 0.188. The average Bonchev–Trinajstić information content (AvgIpc) is 3.03. The van der Waals surface area contributed by atoms with Gasteiger partial charge in [-0.05, 0) is 30.5 Å². The summed E-state index contributed by atoms with van der Waals surface area (Å²) in [5, 5.41) is 13.1. The molecule has 0 spiro atoms. The van der Waals surface area contributed by atoms with Crippen LogP contribution in [-0.2, 0) is 6.54 Å². The Morgan fingerprint density at radius 2 is 2.16 bits per heavy atom. The summed E-state index contributed by atoms with van der Waals surface area (Å²) in [7, 11) is 1.66. The number of carbonyl (C=O) groups is 1. The number of hydrogen-bond donors (Lipinski definition) is 1. The predicted molar refractivity (Wildman–Crippen MR) is 95.4 cm³/mol. The number of nitro groups is 1. The highest BCUT2D eigenvalue weighted by atomic mass is 32.1. The van der Waals surface area contributed by atoms with Crippen LogP contribution in [0.2, 0.25) is 0 Å². The van der Waals surface area contributed by atoms with Gasteiger partial charge in [-0.15, -0.1) is 11.3 Å². The summed E-state index contributed by atoms with van der Waals surface area (Å²) in [6, 6.07) is 6.07. The van der Waals surface area contributed by atoms with E-state index in [1.807, 2.05) is 0 Å². The van der Waals surface area contributed by atoms with Crippen molar-refractivity contribution in [3.05, 3.63) is 61.5 Å². The summed E-state index contributed by atoms with van der Waals surface area (Å²) in [6.07, 6.45) is 0. The summed E-state index contributed by atoms with van der Waals surface area (Å²) < 4.78 is 0.545. The summed E-state index contributed by atoms with van der Waals surface area (Å²) >= 11 is 1.31. The number of nitro benzene ring substituents is 1. The number of Topliss-reactive ketones (excluding diaryl/α,β-unsaturated/α-hetero) is 1. The normalized spacial score (nSPS) is 10.8. The number of rotatable bonds is 5. The van der Waals surface area contributed by atoms with Crippen molar-refractivity contribution in [1.29, 1.82) is 0 Å². The van der Waals surface area contributed by atoms with Crippen molar-refractivity contribution in [2.45, 2.75) is 13.5 Å². The molecule has 3 aromatic rings. The largest absolute Gasteiger partial charge is 0.362 e. The Morgan fingerprint density at radius 3 is 2.84 bits per heavy atom. The van der Waals surface area contributed by atoms with Gasteiger partial charge in [0.05, 0.1) is 17.0 Å². The molecule has 0 aliphatic rings. The zero-order valence-corrected chi connectivity index (χ0v) is 14.3. The first-order valence-corrected chi connectivity index (χ1v) is 8.21. The number of benzene rings is 1. The number of carbonyl (C=O) groups excluding carboxylic acids is 1. The summed E-state index contributed by atoms with van der Waals surface area (Å²) in [4.78, 5) is 43.0. The van der Waals surface area contributed by atoms with Crippen LogP contribution in [0.15, 0.2) is 34.4 Å². The quantitative estimate of drug-likeness (QED) is 0.427. The number of fused-ring (bicyclic) bond motifs is 1.